The van der Waals surface area contributed by atoms with E-state index < -0.39 is 0 Å². The van der Waals surface area contributed by atoms with Crippen molar-refractivity contribution in [2.45, 2.75) is 48.0 Å². The number of ether oxygens (including phenoxy) is 2. The summed E-state index contributed by atoms with van der Waals surface area (Å²) in [7, 11) is 0. The standard InChI is InChI=1S/2C12H10O.C3H8.2C2H6/c2*1-3-7-11(8-4-1)13-12-9-5-2-6-10-12;1-3-2;2*1-2/h2*1-10H;3H2,1-2H3;2*1-2H3. The first kappa shape index (κ1) is 29.5. The predicted octanol–water partition coefficient (Wildman–Crippen LogP) is 10.4. The highest BCUT2D eigenvalue weighted by Crippen LogP contribution is 2.20. The molecule has 2 nitrogen and oxygen atoms in total. The summed E-state index contributed by atoms with van der Waals surface area (Å²) < 4.78 is 11.2. The second-order valence-corrected chi connectivity index (χ2v) is 6.16. The summed E-state index contributed by atoms with van der Waals surface area (Å²) in [5, 5.41) is 0. The van der Waals surface area contributed by atoms with E-state index in [4.69, 9.17) is 9.47 Å². The maximum Gasteiger partial charge on any atom is 0.127 e. The smallest absolute Gasteiger partial charge is 0.127 e. The molecule has 0 atom stereocenters. The van der Waals surface area contributed by atoms with Crippen LogP contribution < -0.4 is 9.47 Å². The molecule has 0 bridgehead atoms. The predicted molar refractivity (Wildman–Crippen MR) is 145 cm³/mol. The van der Waals surface area contributed by atoms with Crippen LogP contribution in [0.5, 0.6) is 23.0 Å². The Hall–Kier alpha value is -3.52. The summed E-state index contributed by atoms with van der Waals surface area (Å²) in [5.74, 6) is 3.48. The van der Waals surface area contributed by atoms with Crippen LogP contribution in [0.2, 0.25) is 0 Å². The molecule has 0 amide bonds. The highest BCUT2D eigenvalue weighted by atomic mass is 16.5. The van der Waals surface area contributed by atoms with Gasteiger partial charge in [-0.25, -0.2) is 0 Å². The molecule has 2 heteroatoms. The first-order chi connectivity index (χ1) is 16.3. The summed E-state index contributed by atoms with van der Waals surface area (Å²) in [6, 6.07) is 39.0. The van der Waals surface area contributed by atoms with Crippen LogP contribution >= 0.6 is 0 Å². The van der Waals surface area contributed by atoms with E-state index in [9.17, 15) is 0 Å². The van der Waals surface area contributed by atoms with Crippen molar-refractivity contribution < 1.29 is 9.47 Å². The van der Waals surface area contributed by atoms with Crippen molar-refractivity contribution in [1.29, 1.82) is 0 Å². The van der Waals surface area contributed by atoms with E-state index in [0.717, 1.165) is 23.0 Å². The highest BCUT2D eigenvalue weighted by molar-refractivity contribution is 5.31. The van der Waals surface area contributed by atoms with Crippen molar-refractivity contribution in [2.24, 2.45) is 0 Å². The second-order valence-electron chi connectivity index (χ2n) is 6.16. The van der Waals surface area contributed by atoms with Crippen LogP contribution in [-0.4, -0.2) is 0 Å². The lowest BCUT2D eigenvalue weighted by atomic mass is 10.3. The number of para-hydroxylation sites is 4. The molecule has 0 aromatic heterocycles. The third-order valence-electron chi connectivity index (χ3n) is 3.44. The molecule has 4 aromatic carbocycles. The Balaban J connectivity index is 0.000000490. The van der Waals surface area contributed by atoms with Crippen molar-refractivity contribution in [3.05, 3.63) is 121 Å². The average Bonchev–Trinajstić information content (AvgIpc) is 2.90. The molecule has 0 heterocycles. The van der Waals surface area contributed by atoms with Crippen LogP contribution in [0.3, 0.4) is 0 Å². The van der Waals surface area contributed by atoms with Crippen molar-refractivity contribution in [3.63, 3.8) is 0 Å². The van der Waals surface area contributed by atoms with Gasteiger partial charge < -0.3 is 9.47 Å². The topological polar surface area (TPSA) is 18.5 Å². The fraction of sp³-hybridized carbons (Fsp3) is 0.226. The molecule has 4 rings (SSSR count). The largest absolute Gasteiger partial charge is 0.457 e. The fourth-order valence-corrected chi connectivity index (χ4v) is 2.23. The monoisotopic (exact) mass is 444 g/mol. The van der Waals surface area contributed by atoms with Gasteiger partial charge in [-0.1, -0.05) is 121 Å². The molecule has 0 unspecified atom stereocenters. The quantitative estimate of drug-likeness (QED) is 0.311. The number of rotatable bonds is 4. The van der Waals surface area contributed by atoms with E-state index in [1.165, 1.54) is 6.42 Å². The molecule has 0 aliphatic rings. The van der Waals surface area contributed by atoms with Crippen molar-refractivity contribution in [3.8, 4) is 23.0 Å². The van der Waals surface area contributed by atoms with Crippen LogP contribution in [0.15, 0.2) is 121 Å². The minimum absolute atomic E-state index is 0.869. The Morgan fingerprint density at radius 3 is 0.667 bits per heavy atom. The molecule has 4 aromatic rings. The van der Waals surface area contributed by atoms with Crippen molar-refractivity contribution in [2.75, 3.05) is 0 Å². The summed E-state index contributed by atoms with van der Waals surface area (Å²) in [6.07, 6.45) is 1.25. The summed E-state index contributed by atoms with van der Waals surface area (Å²) in [6.45, 7) is 12.2. The fourth-order valence-electron chi connectivity index (χ4n) is 2.23. The van der Waals surface area contributed by atoms with Crippen LogP contribution in [0.4, 0.5) is 0 Å². The van der Waals surface area contributed by atoms with E-state index in [-0.39, 0.29) is 0 Å². The van der Waals surface area contributed by atoms with Gasteiger partial charge in [-0.3, -0.25) is 0 Å². The van der Waals surface area contributed by atoms with Gasteiger partial charge in [-0.15, -0.1) is 0 Å². The Morgan fingerprint density at radius 2 is 0.515 bits per heavy atom. The molecule has 0 N–H and O–H groups in total. The van der Waals surface area contributed by atoms with E-state index >= 15 is 0 Å². The summed E-state index contributed by atoms with van der Waals surface area (Å²) in [4.78, 5) is 0. The van der Waals surface area contributed by atoms with Gasteiger partial charge in [0.1, 0.15) is 23.0 Å². The second kappa shape index (κ2) is 21.7. The first-order valence-electron chi connectivity index (χ1n) is 11.9. The molecule has 0 fully saturated rings. The average molecular weight is 445 g/mol. The molecular weight excluding hydrogens is 404 g/mol. The molecular formula is C31H40O2. The highest BCUT2D eigenvalue weighted by Gasteiger charge is 1.93. The minimum atomic E-state index is 0.869. The number of hydrogen-bond donors (Lipinski definition) is 0. The maximum absolute atomic E-state index is 5.58. The van der Waals surface area contributed by atoms with Crippen LogP contribution in [0, 0.1) is 0 Å². The number of hydrogen-bond acceptors (Lipinski definition) is 2. The third-order valence-corrected chi connectivity index (χ3v) is 3.44. The molecule has 33 heavy (non-hydrogen) atoms. The Bertz CT molecular complexity index is 725. The van der Waals surface area contributed by atoms with Crippen LogP contribution in [0.25, 0.3) is 0 Å². The van der Waals surface area contributed by atoms with E-state index in [0.29, 0.717) is 0 Å². The van der Waals surface area contributed by atoms with Gasteiger partial charge in [0.15, 0.2) is 0 Å². The normalized spacial score (nSPS) is 8.42. The Labute approximate surface area is 201 Å². The summed E-state index contributed by atoms with van der Waals surface area (Å²) in [5.41, 5.74) is 0. The number of benzene rings is 4. The van der Waals surface area contributed by atoms with Crippen molar-refractivity contribution >= 4 is 0 Å². The molecule has 0 saturated heterocycles. The Morgan fingerprint density at radius 1 is 0.364 bits per heavy atom. The van der Waals surface area contributed by atoms with Gasteiger partial charge in [0.2, 0.25) is 0 Å². The molecule has 176 valence electrons. The molecule has 0 spiro atoms. The molecule has 0 aliphatic carbocycles. The van der Waals surface area contributed by atoms with Gasteiger partial charge in [-0.05, 0) is 48.5 Å². The Kier molecular flexibility index (Phi) is 19.4. The van der Waals surface area contributed by atoms with Crippen molar-refractivity contribution in [1.82, 2.24) is 0 Å². The van der Waals surface area contributed by atoms with Crippen LogP contribution in [0.1, 0.15) is 48.0 Å². The van der Waals surface area contributed by atoms with Gasteiger partial charge in [-0.2, -0.15) is 0 Å². The third kappa shape index (κ3) is 15.0. The SMILES string of the molecule is CC.CC.CCC.c1ccc(Oc2ccccc2)cc1.c1ccc(Oc2ccccc2)cc1. The minimum Gasteiger partial charge on any atom is -0.457 e. The summed E-state index contributed by atoms with van der Waals surface area (Å²) >= 11 is 0. The van der Waals surface area contributed by atoms with E-state index in [2.05, 4.69) is 13.8 Å². The zero-order valence-corrected chi connectivity index (χ0v) is 21.1. The lowest BCUT2D eigenvalue weighted by molar-refractivity contribution is 0.482. The zero-order chi connectivity index (χ0) is 24.6. The maximum atomic E-state index is 5.58. The van der Waals surface area contributed by atoms with Gasteiger partial charge >= 0.3 is 0 Å². The molecule has 0 radical (unpaired) electrons. The molecule has 0 saturated carbocycles. The first-order valence-corrected chi connectivity index (χ1v) is 11.9. The lowest BCUT2D eigenvalue weighted by Gasteiger charge is -2.03. The van der Waals surface area contributed by atoms with Gasteiger partial charge in [0.25, 0.3) is 0 Å². The van der Waals surface area contributed by atoms with Gasteiger partial charge in [0, 0.05) is 0 Å². The molecule has 0 aliphatic heterocycles. The lowest BCUT2D eigenvalue weighted by Crippen LogP contribution is -1.81. The zero-order valence-electron chi connectivity index (χ0n) is 21.1. The van der Waals surface area contributed by atoms with Crippen LogP contribution in [-0.2, 0) is 0 Å². The van der Waals surface area contributed by atoms with E-state index in [1.807, 2.05) is 149 Å². The van der Waals surface area contributed by atoms with E-state index in [1.54, 1.807) is 0 Å². The van der Waals surface area contributed by atoms with Gasteiger partial charge in [0.05, 0.1) is 0 Å².